The number of anilines is 1. The normalized spacial score (nSPS) is 17.8. The first kappa shape index (κ1) is 18.9. The molecular weight excluding hydrogens is 350 g/mol. The third kappa shape index (κ3) is 4.50. The van der Waals surface area contributed by atoms with Gasteiger partial charge in [-0.1, -0.05) is 24.3 Å². The molecule has 6 heteroatoms. The summed E-state index contributed by atoms with van der Waals surface area (Å²) in [7, 11) is 0. The van der Waals surface area contributed by atoms with Crippen LogP contribution >= 0.6 is 0 Å². The van der Waals surface area contributed by atoms with E-state index >= 15 is 0 Å². The number of aromatic nitrogens is 2. The van der Waals surface area contributed by atoms with Gasteiger partial charge >= 0.3 is 0 Å². The van der Waals surface area contributed by atoms with Gasteiger partial charge in [-0.25, -0.2) is 4.98 Å². The quantitative estimate of drug-likeness (QED) is 0.836. The molecule has 1 aliphatic heterocycles. The van der Waals surface area contributed by atoms with Crippen LogP contribution in [0.25, 0.3) is 11.3 Å². The fourth-order valence-electron chi connectivity index (χ4n) is 3.57. The second-order valence-electron chi connectivity index (χ2n) is 8.07. The molecule has 1 N–H and O–H groups in total. The van der Waals surface area contributed by atoms with Gasteiger partial charge in [-0.3, -0.25) is 14.7 Å². The highest BCUT2D eigenvalue weighted by Crippen LogP contribution is 2.28. The Morgan fingerprint density at radius 2 is 1.79 bits per heavy atom. The highest BCUT2D eigenvalue weighted by molar-refractivity contribution is 5.80. The van der Waals surface area contributed by atoms with E-state index in [1.54, 1.807) is 0 Å². The maximum Gasteiger partial charge on any atom is 0.223 e. The maximum absolute atomic E-state index is 11.7. The highest BCUT2D eigenvalue weighted by atomic mass is 16.2. The van der Waals surface area contributed by atoms with E-state index in [9.17, 15) is 4.79 Å². The van der Waals surface area contributed by atoms with Crippen LogP contribution in [-0.4, -0.2) is 53.0 Å². The average molecular weight is 380 g/mol. The molecule has 0 atom stereocenters. The van der Waals surface area contributed by atoms with Gasteiger partial charge in [-0.05, 0) is 32.3 Å². The molecule has 1 saturated heterocycles. The average Bonchev–Trinajstić information content (AvgIpc) is 3.58. The molecule has 1 aromatic carbocycles. The Morgan fingerprint density at radius 1 is 1.07 bits per heavy atom. The van der Waals surface area contributed by atoms with E-state index in [0.29, 0.717) is 12.6 Å². The number of hydrogen-bond acceptors (Lipinski definition) is 5. The summed E-state index contributed by atoms with van der Waals surface area (Å²) >= 11 is 0. The molecular formula is C22H29N5O. The number of rotatable bonds is 6. The van der Waals surface area contributed by atoms with Crippen LogP contribution in [0.2, 0.25) is 0 Å². The molecule has 1 aromatic heterocycles. The fourth-order valence-corrected chi connectivity index (χ4v) is 3.57. The van der Waals surface area contributed by atoms with E-state index in [0.717, 1.165) is 61.7 Å². The summed E-state index contributed by atoms with van der Waals surface area (Å²) in [6.45, 7) is 9.20. The van der Waals surface area contributed by atoms with Crippen LogP contribution in [0.3, 0.4) is 0 Å². The van der Waals surface area contributed by atoms with Crippen LogP contribution in [0.4, 0.5) is 5.82 Å². The predicted molar refractivity (Wildman–Crippen MR) is 111 cm³/mol. The SMILES string of the molecule is CC(C)N1CCN(c2cnc(-c3ccc(CNC(=O)C4CC4)cc3)cn2)CC1. The molecule has 0 unspecified atom stereocenters. The first-order valence-corrected chi connectivity index (χ1v) is 10.3. The van der Waals surface area contributed by atoms with E-state index < -0.39 is 0 Å². The van der Waals surface area contributed by atoms with Crippen molar-refractivity contribution in [2.24, 2.45) is 5.92 Å². The van der Waals surface area contributed by atoms with Crippen molar-refractivity contribution in [1.82, 2.24) is 20.2 Å². The Morgan fingerprint density at radius 3 is 2.36 bits per heavy atom. The van der Waals surface area contributed by atoms with Crippen molar-refractivity contribution in [2.45, 2.75) is 39.3 Å². The predicted octanol–water partition coefficient (Wildman–Crippen LogP) is 2.70. The monoisotopic (exact) mass is 379 g/mol. The minimum atomic E-state index is 0.180. The number of piperazine rings is 1. The van der Waals surface area contributed by atoms with Gasteiger partial charge in [0.2, 0.25) is 5.91 Å². The topological polar surface area (TPSA) is 61.4 Å². The molecule has 148 valence electrons. The third-order valence-corrected chi connectivity index (χ3v) is 5.67. The van der Waals surface area contributed by atoms with Gasteiger partial charge in [0.05, 0.1) is 18.1 Å². The molecule has 0 spiro atoms. The molecule has 2 fully saturated rings. The first-order chi connectivity index (χ1) is 13.6. The van der Waals surface area contributed by atoms with Crippen LogP contribution in [0.15, 0.2) is 36.7 Å². The van der Waals surface area contributed by atoms with Crippen molar-refractivity contribution in [3.63, 3.8) is 0 Å². The van der Waals surface area contributed by atoms with E-state index in [2.05, 4.69) is 38.9 Å². The molecule has 1 amide bonds. The fraction of sp³-hybridized carbons (Fsp3) is 0.500. The summed E-state index contributed by atoms with van der Waals surface area (Å²) in [6, 6.07) is 8.78. The second-order valence-corrected chi connectivity index (χ2v) is 8.07. The van der Waals surface area contributed by atoms with Gasteiger partial charge in [-0.2, -0.15) is 0 Å². The van der Waals surface area contributed by atoms with E-state index in [-0.39, 0.29) is 11.8 Å². The lowest BCUT2D eigenvalue weighted by atomic mass is 10.1. The summed E-state index contributed by atoms with van der Waals surface area (Å²) in [4.78, 5) is 25.8. The Hall–Kier alpha value is -2.47. The third-order valence-electron chi connectivity index (χ3n) is 5.67. The van der Waals surface area contributed by atoms with Crippen LogP contribution in [0, 0.1) is 5.92 Å². The van der Waals surface area contributed by atoms with Crippen molar-refractivity contribution >= 4 is 11.7 Å². The molecule has 28 heavy (non-hydrogen) atoms. The molecule has 0 radical (unpaired) electrons. The van der Waals surface area contributed by atoms with E-state index in [4.69, 9.17) is 0 Å². The van der Waals surface area contributed by atoms with Crippen LogP contribution in [0.5, 0.6) is 0 Å². The number of hydrogen-bond donors (Lipinski definition) is 1. The standard InChI is InChI=1S/C22H29N5O/c1-16(2)26-9-11-27(12-10-26)21-15-23-20(14-24-21)18-5-3-17(4-6-18)13-25-22(28)19-7-8-19/h3-6,14-16,19H,7-13H2,1-2H3,(H,25,28). The van der Waals surface area contributed by atoms with Gasteiger partial charge in [0.25, 0.3) is 0 Å². The van der Waals surface area contributed by atoms with Crippen molar-refractivity contribution in [3.8, 4) is 11.3 Å². The zero-order valence-corrected chi connectivity index (χ0v) is 16.8. The van der Waals surface area contributed by atoms with Gasteiger partial charge < -0.3 is 10.2 Å². The molecule has 2 aliphatic rings. The Bertz CT molecular complexity index is 791. The molecule has 6 nitrogen and oxygen atoms in total. The lowest BCUT2D eigenvalue weighted by Gasteiger charge is -2.37. The summed E-state index contributed by atoms with van der Waals surface area (Å²) in [5, 5.41) is 3.00. The number of carbonyl (C=O) groups excluding carboxylic acids is 1. The van der Waals surface area contributed by atoms with Crippen LogP contribution in [0.1, 0.15) is 32.3 Å². The van der Waals surface area contributed by atoms with Gasteiger partial charge in [0, 0.05) is 50.2 Å². The maximum atomic E-state index is 11.7. The van der Waals surface area contributed by atoms with Crippen molar-refractivity contribution < 1.29 is 4.79 Å². The van der Waals surface area contributed by atoms with Gasteiger partial charge in [-0.15, -0.1) is 0 Å². The zero-order chi connectivity index (χ0) is 19.5. The largest absolute Gasteiger partial charge is 0.353 e. The minimum Gasteiger partial charge on any atom is -0.353 e. The van der Waals surface area contributed by atoms with Crippen LogP contribution in [-0.2, 0) is 11.3 Å². The minimum absolute atomic E-state index is 0.180. The van der Waals surface area contributed by atoms with Gasteiger partial charge in [0.1, 0.15) is 5.82 Å². The molecule has 1 aliphatic carbocycles. The molecule has 0 bridgehead atoms. The highest BCUT2D eigenvalue weighted by Gasteiger charge is 2.29. The van der Waals surface area contributed by atoms with E-state index in [1.807, 2.05) is 36.7 Å². The first-order valence-electron chi connectivity index (χ1n) is 10.3. The van der Waals surface area contributed by atoms with Crippen molar-refractivity contribution in [3.05, 3.63) is 42.2 Å². The van der Waals surface area contributed by atoms with E-state index in [1.165, 1.54) is 0 Å². The smallest absolute Gasteiger partial charge is 0.223 e. The molecule has 4 rings (SSSR count). The molecule has 1 saturated carbocycles. The number of nitrogens with one attached hydrogen (secondary N) is 1. The molecule has 2 heterocycles. The molecule has 2 aromatic rings. The summed E-state index contributed by atoms with van der Waals surface area (Å²) in [6.07, 6.45) is 5.80. The Labute approximate surface area is 167 Å². The van der Waals surface area contributed by atoms with Crippen LogP contribution < -0.4 is 10.2 Å². The summed E-state index contributed by atoms with van der Waals surface area (Å²) < 4.78 is 0. The lowest BCUT2D eigenvalue weighted by Crippen LogP contribution is -2.49. The number of benzene rings is 1. The van der Waals surface area contributed by atoms with Crippen molar-refractivity contribution in [2.75, 3.05) is 31.1 Å². The Kier molecular flexibility index (Phi) is 5.57. The number of nitrogens with zero attached hydrogens (tertiary/aromatic N) is 4. The van der Waals surface area contributed by atoms with Crippen molar-refractivity contribution in [1.29, 1.82) is 0 Å². The van der Waals surface area contributed by atoms with Gasteiger partial charge in [0.15, 0.2) is 0 Å². The summed E-state index contributed by atoms with van der Waals surface area (Å²) in [5.41, 5.74) is 3.02. The Balaban J connectivity index is 1.34. The lowest BCUT2D eigenvalue weighted by molar-refractivity contribution is -0.122. The second kappa shape index (κ2) is 8.27. The zero-order valence-electron chi connectivity index (χ0n) is 16.8. The number of amides is 1. The summed E-state index contributed by atoms with van der Waals surface area (Å²) in [5.74, 6) is 1.38. The number of carbonyl (C=O) groups is 1.